The summed E-state index contributed by atoms with van der Waals surface area (Å²) in [5, 5.41) is 11.4. The van der Waals surface area contributed by atoms with Crippen molar-refractivity contribution in [2.24, 2.45) is 23.2 Å². The summed E-state index contributed by atoms with van der Waals surface area (Å²) in [6, 6.07) is 0. The summed E-state index contributed by atoms with van der Waals surface area (Å²) >= 11 is 0. The molecule has 5 atom stereocenters. The first-order valence-electron chi connectivity index (χ1n) is 10.1. The van der Waals surface area contributed by atoms with Gasteiger partial charge in [0.15, 0.2) is 0 Å². The van der Waals surface area contributed by atoms with Crippen molar-refractivity contribution in [2.45, 2.75) is 70.3 Å². The average molecular weight is 341 g/mol. The maximum absolute atomic E-state index is 11.4. The largest absolute Gasteiger partial charge is 0.501 e. The van der Waals surface area contributed by atoms with Gasteiger partial charge >= 0.3 is 0 Å². The summed E-state index contributed by atoms with van der Waals surface area (Å²) in [6.45, 7) is 6.04. The highest BCUT2D eigenvalue weighted by Crippen LogP contribution is 2.66. The Bertz CT molecular complexity index is 666. The Morgan fingerprint density at radius 1 is 1.36 bits per heavy atom. The molecule has 2 nitrogen and oxygen atoms in total. The van der Waals surface area contributed by atoms with E-state index in [0.717, 1.165) is 56.1 Å². The Labute approximate surface area is 152 Å². The van der Waals surface area contributed by atoms with Gasteiger partial charge in [-0.15, -0.1) is 5.73 Å². The SMILES string of the molecule is C=C=C[C@]1(O)CC[C@H]2[C@@H]3CCC4=C(CC=C(OC)C4)[C@H]3CCC21CC. The van der Waals surface area contributed by atoms with Crippen molar-refractivity contribution in [3.8, 4) is 0 Å². The van der Waals surface area contributed by atoms with Gasteiger partial charge in [-0.2, -0.15) is 0 Å². The highest BCUT2D eigenvalue weighted by Gasteiger charge is 2.62. The van der Waals surface area contributed by atoms with Crippen LogP contribution in [0.3, 0.4) is 0 Å². The summed E-state index contributed by atoms with van der Waals surface area (Å²) in [6.07, 6.45) is 14.3. The third-order valence-electron chi connectivity index (χ3n) is 8.20. The van der Waals surface area contributed by atoms with Gasteiger partial charge < -0.3 is 9.84 Å². The number of fused-ring (bicyclic) bond motifs is 4. The molecule has 1 unspecified atom stereocenters. The van der Waals surface area contributed by atoms with Gasteiger partial charge in [-0.1, -0.05) is 24.6 Å². The second kappa shape index (κ2) is 6.18. The van der Waals surface area contributed by atoms with Gasteiger partial charge in [-0.05, 0) is 81.3 Å². The molecule has 0 aromatic rings. The van der Waals surface area contributed by atoms with Gasteiger partial charge in [0, 0.05) is 11.8 Å². The molecule has 25 heavy (non-hydrogen) atoms. The number of ether oxygens (including phenoxy) is 1. The predicted molar refractivity (Wildman–Crippen MR) is 101 cm³/mol. The zero-order chi connectivity index (χ0) is 17.7. The van der Waals surface area contributed by atoms with Gasteiger partial charge in [0.1, 0.15) is 0 Å². The minimum atomic E-state index is -0.691. The summed E-state index contributed by atoms with van der Waals surface area (Å²) < 4.78 is 5.51. The van der Waals surface area contributed by atoms with E-state index in [9.17, 15) is 5.11 Å². The molecule has 0 aliphatic heterocycles. The van der Waals surface area contributed by atoms with Crippen LogP contribution in [0.4, 0.5) is 0 Å². The van der Waals surface area contributed by atoms with Crippen molar-refractivity contribution in [1.82, 2.24) is 0 Å². The van der Waals surface area contributed by atoms with E-state index in [4.69, 9.17) is 4.74 Å². The molecular weight excluding hydrogens is 308 g/mol. The molecule has 2 saturated carbocycles. The fraction of sp³-hybridized carbons (Fsp3) is 0.696. The maximum Gasteiger partial charge on any atom is 0.0959 e. The number of rotatable bonds is 3. The van der Waals surface area contributed by atoms with Crippen molar-refractivity contribution < 1.29 is 9.84 Å². The number of methoxy groups -OCH3 is 1. The molecule has 2 fully saturated rings. The number of allylic oxidation sites excluding steroid dienone is 3. The van der Waals surface area contributed by atoms with Crippen LogP contribution in [0.25, 0.3) is 0 Å². The Hall–Kier alpha value is -1.24. The standard InChI is InChI=1S/C23H32O2/c1-4-12-23(24)14-11-21-20-8-6-16-15-17(25-3)7-9-18(16)19(20)10-13-22(21,23)5-2/h7,12,19-21,24H,1,5-6,8-11,13-15H2,2-3H3/t19-,20-,21+,22?,23+/m1/s1. The van der Waals surface area contributed by atoms with Crippen LogP contribution in [0.2, 0.25) is 0 Å². The molecule has 0 bridgehead atoms. The average Bonchev–Trinajstić information content (AvgIpc) is 2.94. The van der Waals surface area contributed by atoms with Crippen LogP contribution in [-0.4, -0.2) is 17.8 Å². The second-order valence-corrected chi connectivity index (χ2v) is 8.66. The van der Waals surface area contributed by atoms with Crippen molar-refractivity contribution in [3.63, 3.8) is 0 Å². The molecule has 0 heterocycles. The molecule has 1 N–H and O–H groups in total. The molecular formula is C23H32O2. The lowest BCUT2D eigenvalue weighted by Crippen LogP contribution is -2.52. The van der Waals surface area contributed by atoms with Crippen molar-refractivity contribution >= 4 is 0 Å². The van der Waals surface area contributed by atoms with E-state index < -0.39 is 5.60 Å². The molecule has 4 aliphatic carbocycles. The lowest BCUT2D eigenvalue weighted by atomic mass is 9.51. The van der Waals surface area contributed by atoms with Gasteiger partial charge in [0.05, 0.1) is 18.5 Å². The van der Waals surface area contributed by atoms with Crippen LogP contribution < -0.4 is 0 Å². The van der Waals surface area contributed by atoms with Gasteiger partial charge in [0.25, 0.3) is 0 Å². The maximum atomic E-state index is 11.4. The predicted octanol–water partition coefficient (Wildman–Crippen LogP) is 5.31. The van der Waals surface area contributed by atoms with Crippen LogP contribution in [0.15, 0.2) is 41.4 Å². The van der Waals surface area contributed by atoms with Crippen molar-refractivity contribution in [2.75, 3.05) is 7.11 Å². The molecule has 4 rings (SSSR count). The molecule has 0 saturated heterocycles. The first kappa shape index (κ1) is 17.2. The summed E-state index contributed by atoms with van der Waals surface area (Å²) in [5.74, 6) is 3.28. The van der Waals surface area contributed by atoms with E-state index in [1.807, 2.05) is 6.08 Å². The summed E-state index contributed by atoms with van der Waals surface area (Å²) in [5.41, 5.74) is 5.64. The van der Waals surface area contributed by atoms with E-state index in [-0.39, 0.29) is 5.41 Å². The van der Waals surface area contributed by atoms with E-state index >= 15 is 0 Å². The molecule has 0 amide bonds. The van der Waals surface area contributed by atoms with Crippen LogP contribution in [0.5, 0.6) is 0 Å². The van der Waals surface area contributed by atoms with Crippen LogP contribution in [-0.2, 0) is 4.74 Å². The quantitative estimate of drug-likeness (QED) is 0.557. The Balaban J connectivity index is 1.65. The van der Waals surface area contributed by atoms with E-state index in [2.05, 4.69) is 25.3 Å². The third-order valence-corrected chi connectivity index (χ3v) is 8.20. The lowest BCUT2D eigenvalue weighted by molar-refractivity contribution is -0.0911. The van der Waals surface area contributed by atoms with Crippen molar-refractivity contribution in [1.29, 1.82) is 0 Å². The smallest absolute Gasteiger partial charge is 0.0959 e. The Morgan fingerprint density at radius 3 is 2.92 bits per heavy atom. The first-order chi connectivity index (χ1) is 12.1. The normalized spacial score (nSPS) is 42.7. The monoisotopic (exact) mass is 340 g/mol. The molecule has 0 radical (unpaired) electrons. The highest BCUT2D eigenvalue weighted by molar-refractivity contribution is 5.33. The van der Waals surface area contributed by atoms with Crippen LogP contribution in [0.1, 0.15) is 64.7 Å². The molecule has 0 spiro atoms. The molecule has 4 aliphatic rings. The number of hydrogen-bond donors (Lipinski definition) is 1. The minimum absolute atomic E-state index is 0.0408. The Kier molecular flexibility index (Phi) is 4.25. The van der Waals surface area contributed by atoms with Gasteiger partial charge in [-0.25, -0.2) is 0 Å². The van der Waals surface area contributed by atoms with Crippen LogP contribution >= 0.6 is 0 Å². The Morgan fingerprint density at radius 2 is 2.20 bits per heavy atom. The number of aliphatic hydroxyl groups is 1. The third kappa shape index (κ3) is 2.34. The van der Waals surface area contributed by atoms with E-state index in [0.29, 0.717) is 5.92 Å². The first-order valence-corrected chi connectivity index (χ1v) is 10.1. The zero-order valence-corrected chi connectivity index (χ0v) is 15.8. The highest BCUT2D eigenvalue weighted by atomic mass is 16.5. The molecule has 2 heteroatoms. The summed E-state index contributed by atoms with van der Waals surface area (Å²) in [7, 11) is 1.80. The van der Waals surface area contributed by atoms with E-state index in [1.54, 1.807) is 18.3 Å². The van der Waals surface area contributed by atoms with Crippen molar-refractivity contribution in [3.05, 3.63) is 41.4 Å². The van der Waals surface area contributed by atoms with Gasteiger partial charge in [0.2, 0.25) is 0 Å². The van der Waals surface area contributed by atoms with E-state index in [1.165, 1.54) is 19.3 Å². The zero-order valence-electron chi connectivity index (χ0n) is 15.8. The summed E-state index contributed by atoms with van der Waals surface area (Å²) in [4.78, 5) is 0. The minimum Gasteiger partial charge on any atom is -0.501 e. The lowest BCUT2D eigenvalue weighted by Gasteiger charge is -2.54. The fourth-order valence-electron chi connectivity index (χ4n) is 7.04. The van der Waals surface area contributed by atoms with Crippen LogP contribution in [0, 0.1) is 23.2 Å². The molecule has 0 aromatic heterocycles. The second-order valence-electron chi connectivity index (χ2n) is 8.66. The fourth-order valence-corrected chi connectivity index (χ4v) is 7.04. The van der Waals surface area contributed by atoms with Gasteiger partial charge in [-0.3, -0.25) is 0 Å². The topological polar surface area (TPSA) is 29.5 Å². The molecule has 0 aromatic carbocycles. The molecule has 136 valence electrons. The number of hydrogen-bond acceptors (Lipinski definition) is 2.